The number of hydrogen-bond donors (Lipinski definition) is 0. The summed E-state index contributed by atoms with van der Waals surface area (Å²) < 4.78 is 0. The third kappa shape index (κ3) is 7.56. The predicted molar refractivity (Wildman–Crippen MR) is 285 cm³/mol. The van der Waals surface area contributed by atoms with Gasteiger partial charge < -0.3 is 0 Å². The van der Waals surface area contributed by atoms with Crippen LogP contribution in [-0.2, 0) is 0 Å². The van der Waals surface area contributed by atoms with Crippen LogP contribution >= 0.6 is 0 Å². The maximum Gasteiger partial charge on any atom is 0.111 e. The molecule has 0 amide bonds. The molecule has 0 atom stereocenters. The van der Waals surface area contributed by atoms with Gasteiger partial charge in [0.25, 0.3) is 0 Å². The van der Waals surface area contributed by atoms with Crippen molar-refractivity contribution < 1.29 is 0 Å². The smallest absolute Gasteiger partial charge is 0.111 e. The lowest BCUT2D eigenvalue weighted by Gasteiger charge is -2.52. The van der Waals surface area contributed by atoms with Crippen LogP contribution in [0.3, 0.4) is 0 Å². The van der Waals surface area contributed by atoms with E-state index >= 15 is 0 Å². The van der Waals surface area contributed by atoms with Gasteiger partial charge in [-0.15, -0.1) is 0 Å². The third-order valence-electron chi connectivity index (χ3n) is 13.5. The second kappa shape index (κ2) is 16.3. The molecule has 3 heterocycles. The molecule has 2 aliphatic heterocycles. The van der Waals surface area contributed by atoms with Gasteiger partial charge in [0.05, 0.1) is 130 Å². The van der Waals surface area contributed by atoms with Gasteiger partial charge in [-0.3, -0.25) is 4.98 Å². The minimum atomic E-state index is 0.544. The topological polar surface area (TPSA) is 12.9 Å². The minimum absolute atomic E-state index is 0.544. The number of pyridine rings is 1. The van der Waals surface area contributed by atoms with Crippen LogP contribution in [0.2, 0.25) is 0 Å². The summed E-state index contributed by atoms with van der Waals surface area (Å²) in [6, 6.07) is 0. The molecular weight excluding hydrogens is 475 g/mol. The molecule has 0 N–H and O–H groups in total. The molecule has 43 heavy (non-hydrogen) atoms. The molecule has 0 radical (unpaired) electrons. The van der Waals surface area contributed by atoms with E-state index in [1.165, 1.54) is 33.9 Å². The van der Waals surface area contributed by atoms with E-state index in [0.717, 1.165) is 19.2 Å². The zero-order chi connectivity index (χ0) is 32.7. The van der Waals surface area contributed by atoms with Crippen LogP contribution < -0.4 is 22.1 Å². The molecule has 3 rings (SSSR count). The third-order valence-corrected chi connectivity index (χ3v) is 13.5. The highest BCUT2D eigenvalue weighted by Gasteiger charge is 2.59. The first-order valence-electron chi connectivity index (χ1n) is 19.1. The van der Waals surface area contributed by atoms with Crippen LogP contribution in [0.1, 0.15) is 5.56 Å². The van der Waals surface area contributed by atoms with E-state index < -0.39 is 0 Å². The average molecular weight is 515 g/mol. The van der Waals surface area contributed by atoms with E-state index in [0.29, 0.717) is 83.3 Å². The Labute approximate surface area is 292 Å². The van der Waals surface area contributed by atoms with Crippen molar-refractivity contribution in [1.82, 2.24) is 4.98 Å². The van der Waals surface area contributed by atoms with Crippen LogP contribution in [0, 0.1) is 6.92 Å². The van der Waals surface area contributed by atoms with Crippen LogP contribution in [0.15, 0.2) is 0 Å². The fourth-order valence-corrected chi connectivity index (χ4v) is 11.2. The Balaban J connectivity index is 2.58. The van der Waals surface area contributed by atoms with Gasteiger partial charge in [0.2, 0.25) is 0 Å². The van der Waals surface area contributed by atoms with Crippen molar-refractivity contribution >= 4 is 277 Å². The molecule has 2 aliphatic rings. The van der Waals surface area contributed by atoms with Crippen molar-refractivity contribution in [3.05, 3.63) is 5.56 Å². The summed E-state index contributed by atoms with van der Waals surface area (Å²) in [5.74, 6) is 0. The Morgan fingerprint density at radius 2 is 1.28 bits per heavy atom. The molecular formula is C6H39B36N. The lowest BCUT2D eigenvalue weighted by Crippen LogP contribution is -2.94. The molecule has 0 saturated heterocycles. The molecule has 0 aliphatic carbocycles. The van der Waals surface area contributed by atoms with E-state index in [1.54, 1.807) is 22.1 Å². The summed E-state index contributed by atoms with van der Waals surface area (Å²) in [5, 5.41) is 0. The minimum Gasteiger partial charge on any atom is -0.282 e. The van der Waals surface area contributed by atoms with Crippen molar-refractivity contribution in [3.63, 3.8) is 0 Å². The molecule has 176 valence electrons. The molecule has 0 unspecified atom stereocenters. The first-order chi connectivity index (χ1) is 20.1. The Morgan fingerprint density at radius 3 is 1.70 bits per heavy atom. The van der Waals surface area contributed by atoms with Crippen molar-refractivity contribution in [1.29, 1.82) is 0 Å². The van der Waals surface area contributed by atoms with Crippen molar-refractivity contribution in [3.8, 4) is 0 Å². The molecule has 37 heteroatoms. The van der Waals surface area contributed by atoms with Gasteiger partial charge in [-0.05, 0) is 18.1 Å². The van der Waals surface area contributed by atoms with E-state index in [1.807, 2.05) is 0 Å². The zero-order valence-corrected chi connectivity index (χ0v) is 32.0. The van der Waals surface area contributed by atoms with Crippen LogP contribution in [0.5, 0.6) is 0 Å². The molecule has 1 aromatic heterocycles. The van der Waals surface area contributed by atoms with E-state index in [2.05, 4.69) is 131 Å². The fourth-order valence-electron chi connectivity index (χ4n) is 11.2. The number of aromatic nitrogens is 1. The van der Waals surface area contributed by atoms with Crippen LogP contribution in [0.25, 0.3) is 0 Å². The lowest BCUT2D eigenvalue weighted by atomic mass is 8.36. The van der Waals surface area contributed by atoms with E-state index in [4.69, 9.17) is 4.98 Å². The first kappa shape index (κ1) is 38.9. The largest absolute Gasteiger partial charge is 0.282 e. The quantitative estimate of drug-likeness (QED) is 0.253. The van der Waals surface area contributed by atoms with E-state index in [-0.39, 0.29) is 0 Å². The zero-order valence-electron chi connectivity index (χ0n) is 32.0. The maximum atomic E-state index is 6.11. The number of nitrogens with zero attached hydrogens (tertiary/aromatic N) is 1. The summed E-state index contributed by atoms with van der Waals surface area (Å²) in [7, 11) is 45.3. The van der Waals surface area contributed by atoms with Gasteiger partial charge in [-0.2, -0.15) is 0 Å². The number of fused-ring (bicyclic) bond motifs is 2. The Hall–Kier alpha value is 1.49. The van der Waals surface area contributed by atoms with Crippen molar-refractivity contribution in [2.45, 2.75) is 6.92 Å². The van der Waals surface area contributed by atoms with E-state index in [9.17, 15) is 0 Å². The van der Waals surface area contributed by atoms with Gasteiger partial charge in [0, 0.05) is 104 Å². The normalized spacial score (nSPS) is 13.7. The SMILES string of the molecule is BBB(B)B1B(B(B)B(B)B)B(B(BB)B(B)B)B(B(B(B)B)B(B)B)c2c1nc1c(c2C)BB(B)B(BB)B1B(B)B. The predicted octanol–water partition coefficient (Wildman–Crippen LogP) is -25.3. The molecule has 0 saturated carbocycles. The number of hydrogen-bond acceptors (Lipinski definition) is 1. The average Bonchev–Trinajstić information content (AvgIpc) is 2.92. The lowest BCUT2D eigenvalue weighted by molar-refractivity contribution is 1.44. The second-order valence-electron chi connectivity index (χ2n) is 17.5. The van der Waals surface area contributed by atoms with Gasteiger partial charge in [-0.1, -0.05) is 16.5 Å². The molecule has 0 fully saturated rings. The fraction of sp³-hybridized carbons (Fsp3) is 0.167. The Morgan fingerprint density at radius 1 is 0.698 bits per heavy atom. The van der Waals surface area contributed by atoms with Crippen molar-refractivity contribution in [2.75, 3.05) is 0 Å². The standard InChI is InChI=1S/C6H39B36N/c1-2-3-5(28(30(10)11)38(25-8)35(20)23-3)43-6-4(2)27(40(33(16)17)34(18)19)42(39(26-9)32(14)15)41(37(22)31(12)13)29(6)36(21)24-7/h23-26H,7-22H2,1H3. The summed E-state index contributed by atoms with van der Waals surface area (Å²) >= 11 is 0. The molecule has 0 spiro atoms. The highest BCUT2D eigenvalue weighted by atomic mass is 14.7. The van der Waals surface area contributed by atoms with Gasteiger partial charge >= 0.3 is 0 Å². The first-order valence-corrected chi connectivity index (χ1v) is 19.1. The molecule has 1 nitrogen and oxygen atoms in total. The Kier molecular flexibility index (Phi) is 14.7. The van der Waals surface area contributed by atoms with Crippen LogP contribution in [0.4, 0.5) is 0 Å². The van der Waals surface area contributed by atoms with Gasteiger partial charge in [-0.25, -0.2) is 0 Å². The summed E-state index contributed by atoms with van der Waals surface area (Å²) in [4.78, 5) is 6.11. The highest BCUT2D eigenvalue weighted by molar-refractivity contribution is 8.22. The number of rotatable bonds is 12. The Bertz CT molecular complexity index is 1050. The molecule has 0 bridgehead atoms. The maximum absolute atomic E-state index is 6.11. The molecule has 1 aromatic rings. The molecule has 0 aromatic carbocycles. The second-order valence-corrected chi connectivity index (χ2v) is 17.5. The van der Waals surface area contributed by atoms with Gasteiger partial charge in [0.1, 0.15) is 20.2 Å². The van der Waals surface area contributed by atoms with Crippen LogP contribution in [-0.4, -0.2) is 260 Å². The summed E-state index contributed by atoms with van der Waals surface area (Å²) in [6.07, 6.45) is 8.86. The highest BCUT2D eigenvalue weighted by Crippen LogP contribution is 2.18. The monoisotopic (exact) mass is 522 g/mol. The summed E-state index contributed by atoms with van der Waals surface area (Å²) in [5.41, 5.74) is 8.12. The summed E-state index contributed by atoms with van der Waals surface area (Å²) in [6.45, 7) is 4.27. The van der Waals surface area contributed by atoms with Gasteiger partial charge in [0.15, 0.2) is 0 Å². The van der Waals surface area contributed by atoms with Crippen molar-refractivity contribution in [2.24, 2.45) is 0 Å².